The van der Waals surface area contributed by atoms with Crippen molar-refractivity contribution in [3.8, 4) is 0 Å². The van der Waals surface area contributed by atoms with E-state index in [1.165, 1.54) is 31.2 Å². The highest BCUT2D eigenvalue weighted by Crippen LogP contribution is 2.27. The van der Waals surface area contributed by atoms with Crippen LogP contribution < -0.4 is 5.32 Å². The second-order valence-electron chi connectivity index (χ2n) is 7.17. The molecule has 0 aromatic heterocycles. The highest BCUT2D eigenvalue weighted by molar-refractivity contribution is 5.92. The van der Waals surface area contributed by atoms with E-state index in [0.717, 1.165) is 10.2 Å². The summed E-state index contributed by atoms with van der Waals surface area (Å²) in [5, 5.41) is 3.12. The lowest BCUT2D eigenvalue weighted by Crippen LogP contribution is -2.51. The van der Waals surface area contributed by atoms with E-state index in [1.54, 1.807) is 0 Å². The monoisotopic (exact) mass is 289 g/mol. The smallest absolute Gasteiger partial charge is 0.279 e. The predicted molar refractivity (Wildman–Crippen MR) is 88.4 cm³/mol. The third-order valence-corrected chi connectivity index (χ3v) is 4.72. The van der Waals surface area contributed by atoms with E-state index >= 15 is 0 Å². The van der Waals surface area contributed by atoms with Crippen LogP contribution in [0.5, 0.6) is 0 Å². The summed E-state index contributed by atoms with van der Waals surface area (Å²) in [4.78, 5) is 12.4. The number of likely N-dealkylation sites (N-methyl/N-ethyl adjacent to an activating group) is 1. The Hall–Kier alpha value is -1.35. The van der Waals surface area contributed by atoms with Gasteiger partial charge < -0.3 is 9.80 Å². The SMILES string of the molecule is CC(C)c1ccccc1NC(=O)C[N+](C)(C)C1CCCC1. The summed E-state index contributed by atoms with van der Waals surface area (Å²) in [5.41, 5.74) is 2.17. The van der Waals surface area contributed by atoms with Gasteiger partial charge in [0.2, 0.25) is 0 Å². The topological polar surface area (TPSA) is 29.1 Å². The molecule has 1 amide bonds. The summed E-state index contributed by atoms with van der Waals surface area (Å²) < 4.78 is 0.801. The van der Waals surface area contributed by atoms with E-state index in [-0.39, 0.29) is 5.91 Å². The van der Waals surface area contributed by atoms with E-state index < -0.39 is 0 Å². The summed E-state index contributed by atoms with van der Waals surface area (Å²) in [6.07, 6.45) is 5.13. The molecule has 1 N–H and O–H groups in total. The summed E-state index contributed by atoms with van der Waals surface area (Å²) in [7, 11) is 4.37. The van der Waals surface area contributed by atoms with Gasteiger partial charge in [-0.3, -0.25) is 4.79 Å². The Kier molecular flexibility index (Phi) is 5.04. The molecule has 3 nitrogen and oxygen atoms in total. The number of hydrogen-bond donors (Lipinski definition) is 1. The number of quaternary nitrogens is 1. The number of hydrogen-bond acceptors (Lipinski definition) is 1. The van der Waals surface area contributed by atoms with E-state index in [4.69, 9.17) is 0 Å². The average molecular weight is 289 g/mol. The Labute approximate surface area is 128 Å². The molecule has 1 aromatic carbocycles. The minimum absolute atomic E-state index is 0.125. The molecule has 0 saturated heterocycles. The zero-order valence-electron chi connectivity index (χ0n) is 13.9. The molecular weight excluding hydrogens is 260 g/mol. The molecule has 0 aliphatic heterocycles. The molecule has 1 aromatic rings. The second kappa shape index (κ2) is 6.61. The van der Waals surface area contributed by atoms with Crippen molar-refractivity contribution in [2.45, 2.75) is 51.5 Å². The molecule has 3 heteroatoms. The van der Waals surface area contributed by atoms with Gasteiger partial charge in [0.05, 0.1) is 20.1 Å². The van der Waals surface area contributed by atoms with Gasteiger partial charge in [0.1, 0.15) is 0 Å². The Bertz CT molecular complexity index is 488. The van der Waals surface area contributed by atoms with Crippen LogP contribution in [-0.2, 0) is 4.79 Å². The van der Waals surface area contributed by atoms with Gasteiger partial charge >= 0.3 is 0 Å². The lowest BCUT2D eigenvalue weighted by Gasteiger charge is -2.35. The first kappa shape index (κ1) is 16.0. The van der Waals surface area contributed by atoms with Crippen LogP contribution in [0, 0.1) is 0 Å². The molecule has 2 rings (SSSR count). The molecule has 116 valence electrons. The van der Waals surface area contributed by atoms with Crippen LogP contribution >= 0.6 is 0 Å². The van der Waals surface area contributed by atoms with E-state index in [9.17, 15) is 4.79 Å². The number of benzene rings is 1. The van der Waals surface area contributed by atoms with Gasteiger partial charge in [0, 0.05) is 5.69 Å². The quantitative estimate of drug-likeness (QED) is 0.821. The van der Waals surface area contributed by atoms with Gasteiger partial charge in [-0.15, -0.1) is 0 Å². The Balaban J connectivity index is 2.01. The lowest BCUT2D eigenvalue weighted by molar-refractivity contribution is -0.906. The molecule has 1 saturated carbocycles. The number of anilines is 1. The average Bonchev–Trinajstić information content (AvgIpc) is 2.92. The normalized spacial score (nSPS) is 16.4. The van der Waals surface area contributed by atoms with Gasteiger partial charge in [-0.1, -0.05) is 32.0 Å². The van der Waals surface area contributed by atoms with Gasteiger partial charge in [-0.25, -0.2) is 0 Å². The van der Waals surface area contributed by atoms with Crippen LogP contribution in [0.3, 0.4) is 0 Å². The summed E-state index contributed by atoms with van der Waals surface area (Å²) in [5.74, 6) is 0.541. The number of amides is 1. The molecule has 0 atom stereocenters. The first-order valence-electron chi connectivity index (χ1n) is 8.11. The van der Waals surface area contributed by atoms with Gasteiger partial charge in [-0.2, -0.15) is 0 Å². The molecule has 21 heavy (non-hydrogen) atoms. The summed E-state index contributed by atoms with van der Waals surface area (Å²) in [6.45, 7) is 4.87. The van der Waals surface area contributed by atoms with Crippen LogP contribution in [-0.4, -0.2) is 37.1 Å². The van der Waals surface area contributed by atoms with Crippen molar-refractivity contribution in [1.29, 1.82) is 0 Å². The van der Waals surface area contributed by atoms with Crippen molar-refractivity contribution in [3.63, 3.8) is 0 Å². The molecule has 0 bridgehead atoms. The third-order valence-electron chi connectivity index (χ3n) is 4.72. The van der Waals surface area contributed by atoms with Crippen molar-refractivity contribution in [2.75, 3.05) is 26.0 Å². The first-order chi connectivity index (χ1) is 9.90. The van der Waals surface area contributed by atoms with Crippen LogP contribution in [0.2, 0.25) is 0 Å². The maximum absolute atomic E-state index is 12.4. The van der Waals surface area contributed by atoms with Crippen molar-refractivity contribution < 1.29 is 9.28 Å². The third kappa shape index (κ3) is 4.07. The van der Waals surface area contributed by atoms with Crippen molar-refractivity contribution in [1.82, 2.24) is 0 Å². The zero-order chi connectivity index (χ0) is 15.5. The van der Waals surface area contributed by atoms with Crippen LogP contribution in [0.4, 0.5) is 5.69 Å². The van der Waals surface area contributed by atoms with Crippen LogP contribution in [0.15, 0.2) is 24.3 Å². The fraction of sp³-hybridized carbons (Fsp3) is 0.611. The van der Waals surface area contributed by atoms with Crippen LogP contribution in [0.1, 0.15) is 51.0 Å². The van der Waals surface area contributed by atoms with Crippen molar-refractivity contribution in [3.05, 3.63) is 29.8 Å². The number of nitrogens with zero attached hydrogens (tertiary/aromatic N) is 1. The summed E-state index contributed by atoms with van der Waals surface area (Å²) >= 11 is 0. The Morgan fingerprint density at radius 2 is 1.86 bits per heavy atom. The fourth-order valence-corrected chi connectivity index (χ4v) is 3.41. The maximum Gasteiger partial charge on any atom is 0.279 e. The van der Waals surface area contributed by atoms with E-state index in [0.29, 0.717) is 18.5 Å². The van der Waals surface area contributed by atoms with Gasteiger partial charge in [0.15, 0.2) is 6.54 Å². The highest BCUT2D eigenvalue weighted by Gasteiger charge is 2.33. The molecular formula is C18H29N2O+. The molecule has 1 fully saturated rings. The minimum Gasteiger partial charge on any atom is -0.321 e. The van der Waals surface area contributed by atoms with Gasteiger partial charge in [0.25, 0.3) is 5.91 Å². The first-order valence-corrected chi connectivity index (χ1v) is 8.11. The fourth-order valence-electron chi connectivity index (χ4n) is 3.41. The lowest BCUT2D eigenvalue weighted by atomic mass is 10.0. The van der Waals surface area contributed by atoms with Crippen molar-refractivity contribution >= 4 is 11.6 Å². The Morgan fingerprint density at radius 1 is 1.24 bits per heavy atom. The van der Waals surface area contributed by atoms with Gasteiger partial charge in [-0.05, 0) is 43.2 Å². The molecule has 0 heterocycles. The second-order valence-corrected chi connectivity index (χ2v) is 7.17. The number of carbonyl (C=O) groups excluding carboxylic acids is 1. The maximum atomic E-state index is 12.4. The highest BCUT2D eigenvalue weighted by atomic mass is 16.2. The number of carbonyl (C=O) groups is 1. The predicted octanol–water partition coefficient (Wildman–Crippen LogP) is 3.77. The molecule has 0 spiro atoms. The minimum atomic E-state index is 0.125. The van der Waals surface area contributed by atoms with Crippen molar-refractivity contribution in [2.24, 2.45) is 0 Å². The van der Waals surface area contributed by atoms with E-state index in [1.807, 2.05) is 18.2 Å². The summed E-state index contributed by atoms with van der Waals surface area (Å²) in [6, 6.07) is 8.75. The number of nitrogens with one attached hydrogen (secondary N) is 1. The Morgan fingerprint density at radius 3 is 2.48 bits per heavy atom. The zero-order valence-corrected chi connectivity index (χ0v) is 13.9. The molecule has 0 radical (unpaired) electrons. The standard InChI is InChI=1S/C18H28N2O/c1-14(2)16-11-7-8-12-17(16)19-18(21)13-20(3,4)15-9-5-6-10-15/h7-8,11-12,14-15H,5-6,9-10,13H2,1-4H3/p+1. The molecule has 1 aliphatic carbocycles. The van der Waals surface area contributed by atoms with E-state index in [2.05, 4.69) is 39.3 Å². The van der Waals surface area contributed by atoms with Crippen LogP contribution in [0.25, 0.3) is 0 Å². The molecule has 1 aliphatic rings. The number of para-hydroxylation sites is 1. The number of rotatable bonds is 5. The molecule has 0 unspecified atom stereocenters. The largest absolute Gasteiger partial charge is 0.321 e.